The summed E-state index contributed by atoms with van der Waals surface area (Å²) in [5.41, 5.74) is 1.02. The van der Waals surface area contributed by atoms with Crippen LogP contribution in [0.5, 0.6) is 5.75 Å². The lowest BCUT2D eigenvalue weighted by atomic mass is 10.2. The van der Waals surface area contributed by atoms with E-state index in [1.54, 1.807) is 29.7 Å². The quantitative estimate of drug-likeness (QED) is 0.638. The van der Waals surface area contributed by atoms with Crippen molar-refractivity contribution in [3.8, 4) is 5.75 Å². The van der Waals surface area contributed by atoms with Crippen molar-refractivity contribution < 1.29 is 23.4 Å². The number of aryl methyl sites for hydroxylation is 1. The van der Waals surface area contributed by atoms with Crippen LogP contribution in [-0.4, -0.2) is 33.0 Å². The highest BCUT2D eigenvalue weighted by Crippen LogP contribution is 2.32. The number of hydrogen-bond acceptors (Lipinski definition) is 4. The second kappa shape index (κ2) is 7.79. The molecule has 3 aromatic rings. The van der Waals surface area contributed by atoms with Crippen molar-refractivity contribution >= 4 is 11.6 Å². The number of pyridine rings is 1. The number of ether oxygens (including phenoxy) is 1. The predicted octanol–water partition coefficient (Wildman–Crippen LogP) is 3.00. The number of imidazole rings is 1. The Bertz CT molecular complexity index is 1040. The summed E-state index contributed by atoms with van der Waals surface area (Å²) in [5, 5.41) is 12.4. The van der Waals surface area contributed by atoms with E-state index in [0.29, 0.717) is 28.7 Å². The lowest BCUT2D eigenvalue weighted by molar-refractivity contribution is 0.0901. The molecule has 0 radical (unpaired) electrons. The molecule has 0 bridgehead atoms. The number of nitrogens with zero attached hydrogens (tertiary/aromatic N) is 2. The van der Waals surface area contributed by atoms with Gasteiger partial charge in [0.15, 0.2) is 11.4 Å². The van der Waals surface area contributed by atoms with Crippen LogP contribution in [0.15, 0.2) is 36.5 Å². The first-order valence-electron chi connectivity index (χ1n) is 9.44. The van der Waals surface area contributed by atoms with E-state index in [1.807, 2.05) is 0 Å². The van der Waals surface area contributed by atoms with Crippen molar-refractivity contribution in [2.24, 2.45) is 5.92 Å². The minimum absolute atomic E-state index is 0.116. The third kappa shape index (κ3) is 3.80. The summed E-state index contributed by atoms with van der Waals surface area (Å²) in [6.45, 7) is 1.28. The molecule has 0 saturated heterocycles. The third-order valence-electron chi connectivity index (χ3n) is 5.14. The van der Waals surface area contributed by atoms with Crippen molar-refractivity contribution in [2.75, 3.05) is 6.61 Å². The zero-order valence-corrected chi connectivity index (χ0v) is 15.9. The Hall–Kier alpha value is -3.00. The van der Waals surface area contributed by atoms with Gasteiger partial charge in [0.25, 0.3) is 5.91 Å². The van der Waals surface area contributed by atoms with E-state index in [4.69, 9.17) is 4.74 Å². The first-order valence-corrected chi connectivity index (χ1v) is 9.44. The van der Waals surface area contributed by atoms with Gasteiger partial charge in [0, 0.05) is 6.20 Å². The number of fused-ring (bicyclic) bond motifs is 1. The highest BCUT2D eigenvalue weighted by atomic mass is 19.1. The number of aliphatic hydroxyl groups is 1. The molecule has 8 heteroatoms. The molecule has 2 N–H and O–H groups in total. The first kappa shape index (κ1) is 19.3. The summed E-state index contributed by atoms with van der Waals surface area (Å²) in [6.07, 6.45) is 3.65. The molecule has 1 aliphatic rings. The van der Waals surface area contributed by atoms with E-state index in [0.717, 1.165) is 12.8 Å². The number of benzene rings is 1. The lowest BCUT2D eigenvalue weighted by Gasteiger charge is -2.15. The van der Waals surface area contributed by atoms with Crippen LogP contribution < -0.4 is 10.1 Å². The molecule has 1 aromatic carbocycles. The van der Waals surface area contributed by atoms with Gasteiger partial charge in [-0.15, -0.1) is 0 Å². The largest absolute Gasteiger partial charge is 0.485 e. The summed E-state index contributed by atoms with van der Waals surface area (Å²) < 4.78 is 34.9. The number of nitrogens with one attached hydrogen (secondary N) is 1. The molecule has 1 fully saturated rings. The number of carbonyl (C=O) groups is 1. The standard InChI is InChI=1S/C21H21F2N3O3/c1-12-19(21(28)25-17(10-27)13-7-8-13)26-9-3-6-18(20(26)24-12)29-11-14-15(22)4-2-5-16(14)23/h2-6,9,13,17,27H,7-8,10-11H2,1H3,(H,25,28)/t17-/m0/s1. The van der Waals surface area contributed by atoms with Gasteiger partial charge in [-0.05, 0) is 49.9 Å². The first-order chi connectivity index (χ1) is 14.0. The molecule has 1 amide bonds. The topological polar surface area (TPSA) is 75.9 Å². The average molecular weight is 401 g/mol. The Morgan fingerprint density at radius 2 is 2.03 bits per heavy atom. The van der Waals surface area contributed by atoms with Gasteiger partial charge >= 0.3 is 0 Å². The van der Waals surface area contributed by atoms with Crippen LogP contribution in [0.25, 0.3) is 5.65 Å². The molecule has 1 aliphatic carbocycles. The monoisotopic (exact) mass is 401 g/mol. The second-order valence-electron chi connectivity index (χ2n) is 7.20. The smallest absolute Gasteiger partial charge is 0.270 e. The zero-order valence-electron chi connectivity index (χ0n) is 15.9. The van der Waals surface area contributed by atoms with Crippen molar-refractivity contribution in [2.45, 2.75) is 32.4 Å². The summed E-state index contributed by atoms with van der Waals surface area (Å²) in [4.78, 5) is 17.2. The van der Waals surface area contributed by atoms with Gasteiger partial charge in [-0.2, -0.15) is 0 Å². The number of rotatable bonds is 7. The molecular weight excluding hydrogens is 380 g/mol. The minimum atomic E-state index is -0.688. The Morgan fingerprint density at radius 1 is 1.31 bits per heavy atom. The highest BCUT2D eigenvalue weighted by Gasteiger charge is 2.33. The van der Waals surface area contributed by atoms with Gasteiger partial charge in [0.05, 0.1) is 23.9 Å². The Labute approximate surface area is 166 Å². The van der Waals surface area contributed by atoms with Gasteiger partial charge in [-0.3, -0.25) is 9.20 Å². The molecule has 4 rings (SSSR count). The van der Waals surface area contributed by atoms with E-state index in [-0.39, 0.29) is 30.7 Å². The van der Waals surface area contributed by atoms with Crippen molar-refractivity contribution in [3.05, 3.63) is 65.1 Å². The SMILES string of the molecule is Cc1nc2c(OCc3c(F)cccc3F)cccn2c1C(=O)N[C@@H](CO)C1CC1. The van der Waals surface area contributed by atoms with Crippen LogP contribution >= 0.6 is 0 Å². The lowest BCUT2D eigenvalue weighted by Crippen LogP contribution is -2.39. The van der Waals surface area contributed by atoms with Crippen molar-refractivity contribution in [1.82, 2.24) is 14.7 Å². The van der Waals surface area contributed by atoms with Crippen LogP contribution in [0.1, 0.15) is 34.6 Å². The normalized spacial score (nSPS) is 14.8. The number of hydrogen-bond donors (Lipinski definition) is 2. The van der Waals surface area contributed by atoms with Crippen LogP contribution in [0.4, 0.5) is 8.78 Å². The number of aromatic nitrogens is 2. The molecular formula is C21H21F2N3O3. The molecule has 0 unspecified atom stereocenters. The third-order valence-corrected chi connectivity index (χ3v) is 5.14. The maximum atomic E-state index is 13.9. The van der Waals surface area contributed by atoms with Gasteiger partial charge < -0.3 is 15.2 Å². The van der Waals surface area contributed by atoms with Crippen molar-refractivity contribution in [1.29, 1.82) is 0 Å². The van der Waals surface area contributed by atoms with Gasteiger partial charge in [0.1, 0.15) is 23.9 Å². The Balaban J connectivity index is 1.61. The average Bonchev–Trinajstić information content (AvgIpc) is 3.47. The molecule has 1 saturated carbocycles. The maximum Gasteiger partial charge on any atom is 0.270 e. The summed E-state index contributed by atoms with van der Waals surface area (Å²) >= 11 is 0. The van der Waals surface area contributed by atoms with E-state index in [2.05, 4.69) is 10.3 Å². The highest BCUT2D eigenvalue weighted by molar-refractivity contribution is 5.95. The van der Waals surface area contributed by atoms with Crippen LogP contribution in [0.3, 0.4) is 0 Å². The zero-order chi connectivity index (χ0) is 20.5. The fraction of sp³-hybridized carbons (Fsp3) is 0.333. The van der Waals surface area contributed by atoms with E-state index in [9.17, 15) is 18.7 Å². The predicted molar refractivity (Wildman–Crippen MR) is 102 cm³/mol. The van der Waals surface area contributed by atoms with E-state index >= 15 is 0 Å². The van der Waals surface area contributed by atoms with Gasteiger partial charge in [-0.1, -0.05) is 6.07 Å². The fourth-order valence-corrected chi connectivity index (χ4v) is 3.41. The molecule has 2 aromatic heterocycles. The molecule has 1 atom stereocenters. The molecule has 2 heterocycles. The molecule has 29 heavy (non-hydrogen) atoms. The Morgan fingerprint density at radius 3 is 2.69 bits per heavy atom. The van der Waals surface area contributed by atoms with Crippen LogP contribution in [0, 0.1) is 24.5 Å². The molecule has 152 valence electrons. The van der Waals surface area contributed by atoms with Crippen LogP contribution in [-0.2, 0) is 6.61 Å². The molecule has 6 nitrogen and oxygen atoms in total. The summed E-state index contributed by atoms with van der Waals surface area (Å²) in [7, 11) is 0. The van der Waals surface area contributed by atoms with E-state index < -0.39 is 11.6 Å². The second-order valence-corrected chi connectivity index (χ2v) is 7.20. The molecule has 0 spiro atoms. The van der Waals surface area contributed by atoms with Gasteiger partial charge in [0.2, 0.25) is 0 Å². The van der Waals surface area contributed by atoms with Crippen molar-refractivity contribution in [3.63, 3.8) is 0 Å². The number of aliphatic hydroxyl groups excluding tert-OH is 1. The fourth-order valence-electron chi connectivity index (χ4n) is 3.41. The van der Waals surface area contributed by atoms with E-state index in [1.165, 1.54) is 18.2 Å². The summed E-state index contributed by atoms with van der Waals surface area (Å²) in [6, 6.07) is 6.64. The number of carbonyl (C=O) groups excluding carboxylic acids is 1. The minimum Gasteiger partial charge on any atom is -0.485 e. The maximum absolute atomic E-state index is 13.9. The number of amides is 1. The van der Waals surface area contributed by atoms with Crippen LogP contribution in [0.2, 0.25) is 0 Å². The Kier molecular flexibility index (Phi) is 5.19. The number of halogens is 2. The molecule has 0 aliphatic heterocycles. The van der Waals surface area contributed by atoms with Gasteiger partial charge in [-0.25, -0.2) is 13.8 Å². The summed E-state index contributed by atoms with van der Waals surface area (Å²) in [5.74, 6) is -1.10.